The van der Waals surface area contributed by atoms with E-state index in [0.717, 1.165) is 52.8 Å². The number of hydrogen-bond acceptors (Lipinski definition) is 4. The Kier molecular flexibility index (Phi) is 8.17. The molecule has 5 heteroatoms. The lowest BCUT2D eigenvalue weighted by atomic mass is 10.1. The Morgan fingerprint density at radius 1 is 1.03 bits per heavy atom. The molecule has 0 atom stereocenters. The molecule has 1 N–H and O–H groups in total. The number of nitrogens with zero attached hydrogens (tertiary/aromatic N) is 2. The molecule has 30 heavy (non-hydrogen) atoms. The van der Waals surface area contributed by atoms with Gasteiger partial charge in [0.05, 0.1) is 23.8 Å². The van der Waals surface area contributed by atoms with E-state index in [1.807, 2.05) is 24.3 Å². The summed E-state index contributed by atoms with van der Waals surface area (Å²) in [6.07, 6.45) is 6.12. The van der Waals surface area contributed by atoms with Crippen LogP contribution in [0.4, 0.5) is 5.69 Å². The van der Waals surface area contributed by atoms with Gasteiger partial charge in [0.15, 0.2) is 0 Å². The second-order valence-corrected chi connectivity index (χ2v) is 8.46. The van der Waals surface area contributed by atoms with Crippen LogP contribution in [0.1, 0.15) is 46.0 Å². The van der Waals surface area contributed by atoms with Gasteiger partial charge < -0.3 is 15.0 Å². The van der Waals surface area contributed by atoms with Crippen LogP contribution in [0.5, 0.6) is 5.75 Å². The number of aromatic nitrogens is 1. The second-order valence-electron chi connectivity index (χ2n) is 8.02. The summed E-state index contributed by atoms with van der Waals surface area (Å²) < 4.78 is 5.45. The first kappa shape index (κ1) is 22.6. The highest BCUT2D eigenvalue weighted by molar-refractivity contribution is 6.31. The molecule has 0 unspecified atom stereocenters. The fourth-order valence-electron chi connectivity index (χ4n) is 4.19. The van der Waals surface area contributed by atoms with Crippen molar-refractivity contribution in [3.63, 3.8) is 0 Å². The van der Waals surface area contributed by atoms with E-state index < -0.39 is 0 Å². The van der Waals surface area contributed by atoms with E-state index in [1.54, 1.807) is 7.11 Å². The Morgan fingerprint density at radius 2 is 1.80 bits per heavy atom. The van der Waals surface area contributed by atoms with E-state index in [0.29, 0.717) is 11.1 Å². The quantitative estimate of drug-likeness (QED) is 0.271. The molecule has 1 aromatic heterocycles. The van der Waals surface area contributed by atoms with Gasteiger partial charge in [-0.1, -0.05) is 38.3 Å². The number of fused-ring (bicyclic) bond motifs is 2. The molecule has 162 valence electrons. The summed E-state index contributed by atoms with van der Waals surface area (Å²) >= 11 is 6.23. The Morgan fingerprint density at radius 3 is 2.50 bits per heavy atom. The molecule has 0 bridgehead atoms. The highest BCUT2D eigenvalue weighted by atomic mass is 35.5. The number of pyridine rings is 1. The van der Waals surface area contributed by atoms with E-state index >= 15 is 0 Å². The number of halogens is 1. The number of benzene rings is 2. The third kappa shape index (κ3) is 5.35. The molecule has 3 rings (SSSR count). The normalized spacial score (nSPS) is 11.7. The first-order valence-corrected chi connectivity index (χ1v) is 11.5. The molecule has 0 saturated carbocycles. The van der Waals surface area contributed by atoms with E-state index in [9.17, 15) is 0 Å². The zero-order valence-electron chi connectivity index (χ0n) is 18.7. The second kappa shape index (κ2) is 10.8. The largest absolute Gasteiger partial charge is 0.497 e. The summed E-state index contributed by atoms with van der Waals surface area (Å²) in [7, 11) is 3.96. The Balaban J connectivity index is 1.79. The number of rotatable bonds is 11. The predicted octanol–water partition coefficient (Wildman–Crippen LogP) is 6.75. The van der Waals surface area contributed by atoms with Crippen LogP contribution in [-0.4, -0.2) is 43.2 Å². The van der Waals surface area contributed by atoms with Gasteiger partial charge in [-0.25, -0.2) is 4.98 Å². The molecule has 0 fully saturated rings. The predicted molar refractivity (Wildman–Crippen MR) is 130 cm³/mol. The number of ether oxygens (including phenoxy) is 1. The molecule has 0 aliphatic heterocycles. The van der Waals surface area contributed by atoms with Crippen LogP contribution in [0.3, 0.4) is 0 Å². The van der Waals surface area contributed by atoms with Crippen LogP contribution in [0.2, 0.25) is 5.02 Å². The lowest BCUT2D eigenvalue weighted by molar-refractivity contribution is 0.215. The Hall–Kier alpha value is -2.04. The molecule has 2 aromatic carbocycles. The Labute approximate surface area is 185 Å². The van der Waals surface area contributed by atoms with Crippen molar-refractivity contribution in [2.24, 2.45) is 0 Å². The number of nitrogens with one attached hydrogen (secondary N) is 1. The van der Waals surface area contributed by atoms with Gasteiger partial charge in [0, 0.05) is 28.4 Å². The van der Waals surface area contributed by atoms with Crippen LogP contribution < -0.4 is 10.1 Å². The van der Waals surface area contributed by atoms with Crippen molar-refractivity contribution in [3.05, 3.63) is 41.4 Å². The van der Waals surface area contributed by atoms with E-state index in [2.05, 4.69) is 43.2 Å². The molecule has 1 heterocycles. The van der Waals surface area contributed by atoms with Crippen LogP contribution in [0.15, 0.2) is 36.4 Å². The van der Waals surface area contributed by atoms with Gasteiger partial charge in [0.2, 0.25) is 0 Å². The van der Waals surface area contributed by atoms with Gasteiger partial charge in [0.25, 0.3) is 0 Å². The van der Waals surface area contributed by atoms with Gasteiger partial charge in [-0.2, -0.15) is 0 Å². The van der Waals surface area contributed by atoms with Gasteiger partial charge in [-0.3, -0.25) is 0 Å². The molecule has 0 aliphatic rings. The number of anilines is 1. The minimum atomic E-state index is 0.689. The van der Waals surface area contributed by atoms with Crippen molar-refractivity contribution in [2.75, 3.05) is 32.6 Å². The van der Waals surface area contributed by atoms with Crippen LogP contribution in [0, 0.1) is 0 Å². The fraction of sp³-hybridized carbons (Fsp3) is 0.480. The molecule has 0 spiro atoms. The lowest BCUT2D eigenvalue weighted by Gasteiger charge is -2.27. The minimum absolute atomic E-state index is 0.689. The van der Waals surface area contributed by atoms with E-state index in [-0.39, 0.29) is 0 Å². The van der Waals surface area contributed by atoms with Crippen molar-refractivity contribution in [3.8, 4) is 5.75 Å². The topological polar surface area (TPSA) is 37.4 Å². The smallest absolute Gasteiger partial charge is 0.119 e. The van der Waals surface area contributed by atoms with Gasteiger partial charge in [0.1, 0.15) is 5.75 Å². The summed E-state index contributed by atoms with van der Waals surface area (Å²) in [5.74, 6) is 0.836. The van der Waals surface area contributed by atoms with Crippen molar-refractivity contribution in [1.29, 1.82) is 0 Å². The maximum absolute atomic E-state index is 6.23. The summed E-state index contributed by atoms with van der Waals surface area (Å²) in [6, 6.07) is 12.6. The standard InChI is InChI=1S/C25H34ClN3O/c1-5-8-19(9-6-2)29(3)15-7-14-27-25-21-12-10-18(26)16-24(21)28-23-13-11-20(30-4)17-22(23)25/h10-13,16-17,19H,5-9,14-15H2,1-4H3,(H,27,28). The zero-order chi connectivity index (χ0) is 21.5. The molecule has 3 aromatic rings. The SMILES string of the molecule is CCCC(CCC)N(C)CCCNc1c2ccc(Cl)cc2nc2ccc(OC)cc12. The van der Waals surface area contributed by atoms with Gasteiger partial charge >= 0.3 is 0 Å². The summed E-state index contributed by atoms with van der Waals surface area (Å²) in [6.45, 7) is 6.55. The average molecular weight is 428 g/mol. The van der Waals surface area contributed by atoms with Gasteiger partial charge in [-0.15, -0.1) is 0 Å². The first-order valence-electron chi connectivity index (χ1n) is 11.1. The van der Waals surface area contributed by atoms with Crippen LogP contribution in [0.25, 0.3) is 21.8 Å². The van der Waals surface area contributed by atoms with Crippen molar-refractivity contribution in [2.45, 2.75) is 52.0 Å². The summed E-state index contributed by atoms with van der Waals surface area (Å²) in [4.78, 5) is 7.33. The molecule has 0 saturated heterocycles. The third-order valence-electron chi connectivity index (χ3n) is 5.80. The van der Waals surface area contributed by atoms with Gasteiger partial charge in [-0.05, 0) is 69.3 Å². The van der Waals surface area contributed by atoms with Crippen LogP contribution >= 0.6 is 11.6 Å². The monoisotopic (exact) mass is 427 g/mol. The minimum Gasteiger partial charge on any atom is -0.497 e. The number of methoxy groups -OCH3 is 1. The average Bonchev–Trinajstić information content (AvgIpc) is 2.75. The maximum Gasteiger partial charge on any atom is 0.119 e. The highest BCUT2D eigenvalue weighted by Gasteiger charge is 2.13. The van der Waals surface area contributed by atoms with Crippen molar-refractivity contribution in [1.82, 2.24) is 9.88 Å². The summed E-state index contributed by atoms with van der Waals surface area (Å²) in [5, 5.41) is 6.56. The number of hydrogen-bond donors (Lipinski definition) is 1. The molecule has 4 nitrogen and oxygen atoms in total. The highest BCUT2D eigenvalue weighted by Crippen LogP contribution is 2.34. The molecular weight excluding hydrogens is 394 g/mol. The zero-order valence-corrected chi connectivity index (χ0v) is 19.4. The molecule has 0 aliphatic carbocycles. The third-order valence-corrected chi connectivity index (χ3v) is 6.03. The van der Waals surface area contributed by atoms with E-state index in [1.165, 1.54) is 25.7 Å². The van der Waals surface area contributed by atoms with Crippen LogP contribution in [-0.2, 0) is 0 Å². The van der Waals surface area contributed by atoms with E-state index in [4.69, 9.17) is 21.3 Å². The Bertz CT molecular complexity index is 969. The first-order chi connectivity index (χ1) is 14.6. The molecule has 0 radical (unpaired) electrons. The summed E-state index contributed by atoms with van der Waals surface area (Å²) in [5.41, 5.74) is 2.95. The fourth-order valence-corrected chi connectivity index (χ4v) is 4.36. The molecule has 0 amide bonds. The van der Waals surface area contributed by atoms with Crippen molar-refractivity contribution >= 4 is 39.1 Å². The lowest BCUT2D eigenvalue weighted by Crippen LogP contribution is -2.33. The maximum atomic E-state index is 6.23. The van der Waals surface area contributed by atoms with Crippen molar-refractivity contribution < 1.29 is 4.74 Å². The molecular formula is C25H34ClN3O.